The predicted molar refractivity (Wildman–Crippen MR) is 197 cm³/mol. The molecule has 10 unspecified atom stereocenters. The van der Waals surface area contributed by atoms with Crippen molar-refractivity contribution >= 4 is 11.8 Å². The van der Waals surface area contributed by atoms with Crippen LogP contribution in [0.1, 0.15) is 20.7 Å². The maximum absolute atomic E-state index is 12.9. The highest BCUT2D eigenvalue weighted by Crippen LogP contribution is 2.43. The van der Waals surface area contributed by atoms with E-state index in [0.717, 1.165) is 0 Å². The number of benzene rings is 4. The van der Waals surface area contributed by atoms with Gasteiger partial charge in [0.25, 0.3) is 11.8 Å². The van der Waals surface area contributed by atoms with E-state index in [2.05, 4.69) is 10.6 Å². The summed E-state index contributed by atoms with van der Waals surface area (Å²) < 4.78 is 10.8. The van der Waals surface area contributed by atoms with E-state index >= 15 is 0 Å². The number of aliphatic hydroxyl groups excluding tert-OH is 8. The summed E-state index contributed by atoms with van der Waals surface area (Å²) >= 11 is 0. The molecule has 10 atom stereocenters. The van der Waals surface area contributed by atoms with E-state index < -0.39 is 73.2 Å². The molecule has 0 bridgehead atoms. The Bertz CT molecular complexity index is 1850. The monoisotopic (exact) mass is 776 g/mol. The molecule has 2 amide bonds. The van der Waals surface area contributed by atoms with Crippen LogP contribution in [0.5, 0.6) is 11.5 Å². The third-order valence-electron chi connectivity index (χ3n) is 10.6. The highest BCUT2D eigenvalue weighted by atomic mass is 16.6. The molecule has 6 rings (SSSR count). The van der Waals surface area contributed by atoms with Gasteiger partial charge in [-0.15, -0.1) is 0 Å². The SMILES string of the molecule is O=C(NCCNC(=O)c1cccc(-c2ccc(OC(O)C3(O)C(O)C(O)C3CO)cc2)c1)c1cccc(-c2ccc(OC(O)C3(O)C(O)C(O)C3CO)cc2)c1. The Hall–Kier alpha value is -4.98. The van der Waals surface area contributed by atoms with Crippen LogP contribution >= 0.6 is 0 Å². The first kappa shape index (κ1) is 40.7. The van der Waals surface area contributed by atoms with Crippen molar-refractivity contribution in [3.63, 3.8) is 0 Å². The van der Waals surface area contributed by atoms with Gasteiger partial charge in [0, 0.05) is 36.1 Å². The number of hydrogen-bond acceptors (Lipinski definition) is 14. The number of aliphatic hydroxyl groups is 10. The van der Waals surface area contributed by atoms with E-state index in [4.69, 9.17) is 9.47 Å². The third kappa shape index (κ3) is 7.59. The normalized spacial score (nSPS) is 27.9. The number of carbonyl (C=O) groups excluding carboxylic acids is 2. The summed E-state index contributed by atoms with van der Waals surface area (Å²) in [4.78, 5) is 25.9. The van der Waals surface area contributed by atoms with Gasteiger partial charge in [0.05, 0.1) is 25.4 Å². The fourth-order valence-electron chi connectivity index (χ4n) is 7.04. The van der Waals surface area contributed by atoms with Gasteiger partial charge in [-0.05, 0) is 70.8 Å². The Balaban J connectivity index is 0.976. The first-order valence-corrected chi connectivity index (χ1v) is 17.8. The van der Waals surface area contributed by atoms with Crippen LogP contribution in [0.4, 0.5) is 0 Å². The van der Waals surface area contributed by atoms with Gasteiger partial charge >= 0.3 is 0 Å². The van der Waals surface area contributed by atoms with Gasteiger partial charge in [0.2, 0.25) is 12.6 Å². The number of amides is 2. The number of rotatable bonds is 15. The van der Waals surface area contributed by atoms with Crippen molar-refractivity contribution in [2.45, 2.75) is 48.2 Å². The van der Waals surface area contributed by atoms with Crippen LogP contribution in [0.3, 0.4) is 0 Å². The number of ether oxygens (including phenoxy) is 2. The average molecular weight is 777 g/mol. The molecule has 0 aromatic heterocycles. The zero-order valence-corrected chi connectivity index (χ0v) is 29.8. The first-order valence-electron chi connectivity index (χ1n) is 17.8. The van der Waals surface area contributed by atoms with Gasteiger partial charge < -0.3 is 71.2 Å². The summed E-state index contributed by atoms with van der Waals surface area (Å²) in [7, 11) is 0. The fraction of sp³-hybridized carbons (Fsp3) is 0.350. The summed E-state index contributed by atoms with van der Waals surface area (Å²) in [5.41, 5.74) is -0.989. The molecule has 12 N–H and O–H groups in total. The number of hydrogen-bond donors (Lipinski definition) is 12. The molecule has 4 aromatic rings. The predicted octanol–water partition coefficient (Wildman–Crippen LogP) is -1.28. The zero-order chi connectivity index (χ0) is 40.4. The molecule has 2 aliphatic rings. The molecule has 0 spiro atoms. The van der Waals surface area contributed by atoms with Crippen LogP contribution in [-0.4, -0.2) is 137 Å². The molecular formula is C40H44N2O14. The van der Waals surface area contributed by atoms with E-state index in [1.54, 1.807) is 72.8 Å². The average Bonchev–Trinajstić information content (AvgIpc) is 3.22. The molecule has 2 aliphatic carbocycles. The van der Waals surface area contributed by atoms with E-state index in [9.17, 15) is 60.7 Å². The largest absolute Gasteiger partial charge is 0.462 e. The van der Waals surface area contributed by atoms with Crippen molar-refractivity contribution in [1.29, 1.82) is 0 Å². The van der Waals surface area contributed by atoms with Crippen LogP contribution in [0.15, 0.2) is 97.1 Å². The van der Waals surface area contributed by atoms with Crippen molar-refractivity contribution in [3.8, 4) is 33.8 Å². The lowest BCUT2D eigenvalue weighted by Crippen LogP contribution is -2.76. The number of nitrogens with one attached hydrogen (secondary N) is 2. The molecule has 0 saturated heterocycles. The van der Waals surface area contributed by atoms with Crippen molar-refractivity contribution in [2.75, 3.05) is 26.3 Å². The minimum Gasteiger partial charge on any atom is -0.462 e. The molecule has 0 heterocycles. The summed E-state index contributed by atoms with van der Waals surface area (Å²) in [6.45, 7) is -1.07. The Morgan fingerprint density at radius 2 is 0.929 bits per heavy atom. The van der Waals surface area contributed by atoms with Crippen LogP contribution in [-0.2, 0) is 0 Å². The van der Waals surface area contributed by atoms with E-state index in [1.165, 1.54) is 24.3 Å². The Morgan fingerprint density at radius 1 is 0.571 bits per heavy atom. The molecule has 0 aliphatic heterocycles. The molecule has 0 radical (unpaired) electrons. The van der Waals surface area contributed by atoms with Gasteiger partial charge in [0.15, 0.2) is 11.2 Å². The molecule has 298 valence electrons. The lowest BCUT2D eigenvalue weighted by Gasteiger charge is -2.53. The Kier molecular flexibility index (Phi) is 12.1. The minimum absolute atomic E-state index is 0.134. The van der Waals surface area contributed by atoms with Crippen molar-refractivity contribution < 1.29 is 70.1 Å². The second-order valence-electron chi connectivity index (χ2n) is 13.9. The summed E-state index contributed by atoms with van der Waals surface area (Å²) in [6.07, 6.45) is -10.1. The van der Waals surface area contributed by atoms with E-state index in [1.807, 2.05) is 0 Å². The lowest BCUT2D eigenvalue weighted by molar-refractivity contribution is -0.332. The third-order valence-corrected chi connectivity index (χ3v) is 10.6. The number of carbonyl (C=O) groups is 2. The summed E-state index contributed by atoms with van der Waals surface area (Å²) in [5.74, 6) is -2.83. The Labute approximate surface area is 320 Å². The molecule has 2 saturated carbocycles. The summed E-state index contributed by atoms with van der Waals surface area (Å²) in [5, 5.41) is 106. The van der Waals surface area contributed by atoms with Crippen LogP contribution in [0, 0.1) is 11.8 Å². The maximum atomic E-state index is 12.9. The van der Waals surface area contributed by atoms with Crippen LogP contribution in [0.25, 0.3) is 22.3 Å². The maximum Gasteiger partial charge on any atom is 0.251 e. The molecular weight excluding hydrogens is 732 g/mol. The molecule has 4 aromatic carbocycles. The quantitative estimate of drug-likeness (QED) is 0.0496. The Morgan fingerprint density at radius 3 is 1.27 bits per heavy atom. The van der Waals surface area contributed by atoms with E-state index in [-0.39, 0.29) is 36.4 Å². The van der Waals surface area contributed by atoms with Gasteiger partial charge in [-0.2, -0.15) is 0 Å². The van der Waals surface area contributed by atoms with Crippen molar-refractivity contribution in [1.82, 2.24) is 10.6 Å². The van der Waals surface area contributed by atoms with Gasteiger partial charge in [-0.25, -0.2) is 0 Å². The highest BCUT2D eigenvalue weighted by Gasteiger charge is 2.66. The van der Waals surface area contributed by atoms with Crippen molar-refractivity contribution in [3.05, 3.63) is 108 Å². The van der Waals surface area contributed by atoms with Crippen molar-refractivity contribution in [2.24, 2.45) is 11.8 Å². The standard InChI is InChI=1S/C40H44N2O14/c43-19-29-31(45)33(47)39(29,53)37(51)55-27-11-7-21(8-12-27)23-3-1-5-25(17-23)35(49)41-15-16-42-36(50)26-6-2-4-24(18-26)22-9-13-28(14-10-22)56-38(52)40(54)30(20-44)32(46)34(40)48/h1-14,17-18,29-34,37-38,43-48,51-54H,15-16,19-20H2,(H,41,49)(H,42,50). The molecule has 2 fully saturated rings. The van der Waals surface area contributed by atoms with Crippen LogP contribution < -0.4 is 20.1 Å². The second kappa shape index (κ2) is 16.6. The smallest absolute Gasteiger partial charge is 0.251 e. The topological polar surface area (TPSA) is 279 Å². The van der Waals surface area contributed by atoms with E-state index in [0.29, 0.717) is 33.4 Å². The summed E-state index contributed by atoms with van der Waals surface area (Å²) in [6, 6.07) is 26.3. The fourth-order valence-corrected chi connectivity index (χ4v) is 7.04. The van der Waals surface area contributed by atoms with Gasteiger partial charge in [-0.1, -0.05) is 48.5 Å². The molecule has 16 heteroatoms. The lowest BCUT2D eigenvalue weighted by atomic mass is 9.64. The minimum atomic E-state index is -2.25. The molecule has 16 nitrogen and oxygen atoms in total. The van der Waals surface area contributed by atoms with Gasteiger partial charge in [-0.3, -0.25) is 9.59 Å². The second-order valence-corrected chi connectivity index (χ2v) is 13.9. The first-order chi connectivity index (χ1) is 26.7. The van der Waals surface area contributed by atoms with Gasteiger partial charge in [0.1, 0.15) is 23.7 Å². The zero-order valence-electron chi connectivity index (χ0n) is 29.8. The molecule has 56 heavy (non-hydrogen) atoms. The van der Waals surface area contributed by atoms with Crippen LogP contribution in [0.2, 0.25) is 0 Å². The highest BCUT2D eigenvalue weighted by molar-refractivity contribution is 5.96.